The SMILES string of the molecule is CCOC(=O)CCNC(=O)N1Cc2c(CC)nn(-c3ccccc3)c2-n2cccc2[C@H]1c1ccc(C)cc1. The molecule has 0 saturated heterocycles. The predicted octanol–water partition coefficient (Wildman–Crippen LogP) is 5.10. The normalized spacial score (nSPS) is 14.4. The van der Waals surface area contributed by atoms with Crippen LogP contribution in [-0.2, 0) is 22.5 Å². The molecule has 1 atom stereocenters. The summed E-state index contributed by atoms with van der Waals surface area (Å²) in [6, 6.07) is 21.9. The molecule has 2 amide bonds. The highest BCUT2D eigenvalue weighted by molar-refractivity contribution is 5.77. The third-order valence-corrected chi connectivity index (χ3v) is 6.87. The molecule has 8 heteroatoms. The number of nitrogens with one attached hydrogen (secondary N) is 1. The Labute approximate surface area is 222 Å². The summed E-state index contributed by atoms with van der Waals surface area (Å²) in [6.07, 6.45) is 2.89. The van der Waals surface area contributed by atoms with Crippen LogP contribution < -0.4 is 5.32 Å². The quantitative estimate of drug-likeness (QED) is 0.350. The molecule has 0 unspecified atom stereocenters. The van der Waals surface area contributed by atoms with Crippen molar-refractivity contribution < 1.29 is 14.3 Å². The number of fused-ring (bicyclic) bond motifs is 3. The summed E-state index contributed by atoms with van der Waals surface area (Å²) in [4.78, 5) is 27.5. The zero-order valence-electron chi connectivity index (χ0n) is 22.1. The fourth-order valence-electron chi connectivity index (χ4n) is 5.05. The smallest absolute Gasteiger partial charge is 0.318 e. The van der Waals surface area contributed by atoms with Gasteiger partial charge in [0, 0.05) is 18.3 Å². The van der Waals surface area contributed by atoms with Crippen molar-refractivity contribution in [3.05, 3.63) is 101 Å². The van der Waals surface area contributed by atoms with Gasteiger partial charge in [0.05, 0.1) is 42.7 Å². The summed E-state index contributed by atoms with van der Waals surface area (Å²) in [5.41, 5.74) is 6.04. The first-order valence-corrected chi connectivity index (χ1v) is 13.1. The van der Waals surface area contributed by atoms with E-state index < -0.39 is 0 Å². The third kappa shape index (κ3) is 4.81. The molecule has 2 aromatic carbocycles. The first kappa shape index (κ1) is 25.3. The Morgan fingerprint density at radius 2 is 1.79 bits per heavy atom. The van der Waals surface area contributed by atoms with Crippen molar-refractivity contribution in [1.82, 2.24) is 24.6 Å². The zero-order chi connectivity index (χ0) is 26.6. The molecule has 196 valence electrons. The first-order valence-electron chi connectivity index (χ1n) is 13.1. The Morgan fingerprint density at radius 3 is 2.50 bits per heavy atom. The summed E-state index contributed by atoms with van der Waals surface area (Å²) < 4.78 is 9.17. The number of hydrogen-bond acceptors (Lipinski definition) is 4. The molecule has 0 bridgehead atoms. The van der Waals surface area contributed by atoms with Crippen LogP contribution >= 0.6 is 0 Å². The van der Waals surface area contributed by atoms with E-state index in [1.807, 2.05) is 52.2 Å². The van der Waals surface area contributed by atoms with Gasteiger partial charge in [-0.3, -0.25) is 4.79 Å². The van der Waals surface area contributed by atoms with E-state index >= 15 is 0 Å². The lowest BCUT2D eigenvalue weighted by Crippen LogP contribution is -2.42. The second-order valence-electron chi connectivity index (χ2n) is 9.38. The van der Waals surface area contributed by atoms with Crippen LogP contribution in [0.3, 0.4) is 0 Å². The van der Waals surface area contributed by atoms with Gasteiger partial charge in [-0.25, -0.2) is 9.48 Å². The molecule has 0 aliphatic carbocycles. The molecule has 8 nitrogen and oxygen atoms in total. The number of carbonyl (C=O) groups excluding carboxylic acids is 2. The summed E-state index contributed by atoms with van der Waals surface area (Å²) in [5, 5.41) is 7.95. The van der Waals surface area contributed by atoms with E-state index in [9.17, 15) is 9.59 Å². The van der Waals surface area contributed by atoms with Gasteiger partial charge in [0.1, 0.15) is 5.82 Å². The van der Waals surface area contributed by atoms with Crippen LogP contribution in [0, 0.1) is 6.92 Å². The van der Waals surface area contributed by atoms with Crippen molar-refractivity contribution >= 4 is 12.0 Å². The highest BCUT2D eigenvalue weighted by Crippen LogP contribution is 2.38. The van der Waals surface area contributed by atoms with Gasteiger partial charge in [-0.1, -0.05) is 55.0 Å². The van der Waals surface area contributed by atoms with E-state index in [4.69, 9.17) is 9.84 Å². The maximum Gasteiger partial charge on any atom is 0.318 e. The fraction of sp³-hybridized carbons (Fsp3) is 0.300. The van der Waals surface area contributed by atoms with Crippen LogP contribution in [0.25, 0.3) is 11.5 Å². The molecule has 0 radical (unpaired) electrons. The highest BCUT2D eigenvalue weighted by atomic mass is 16.5. The van der Waals surface area contributed by atoms with Gasteiger partial charge >= 0.3 is 12.0 Å². The second-order valence-corrected chi connectivity index (χ2v) is 9.38. The number of carbonyl (C=O) groups is 2. The molecule has 5 rings (SSSR count). The maximum atomic E-state index is 13.8. The lowest BCUT2D eigenvalue weighted by molar-refractivity contribution is -0.142. The number of nitrogens with zero attached hydrogens (tertiary/aromatic N) is 4. The molecule has 1 aliphatic rings. The van der Waals surface area contributed by atoms with Crippen LogP contribution in [0.4, 0.5) is 4.79 Å². The molecule has 1 aliphatic heterocycles. The average Bonchev–Trinajstić information content (AvgIpc) is 3.51. The Kier molecular flexibility index (Phi) is 7.31. The van der Waals surface area contributed by atoms with Gasteiger partial charge in [-0.05, 0) is 50.1 Å². The van der Waals surface area contributed by atoms with E-state index in [1.54, 1.807) is 6.92 Å². The number of hydrogen-bond donors (Lipinski definition) is 1. The van der Waals surface area contributed by atoms with Gasteiger partial charge in [0.2, 0.25) is 0 Å². The molecule has 4 aromatic rings. The van der Waals surface area contributed by atoms with Crippen molar-refractivity contribution in [2.24, 2.45) is 0 Å². The number of aromatic nitrogens is 3. The van der Waals surface area contributed by atoms with Gasteiger partial charge in [0.25, 0.3) is 0 Å². The zero-order valence-corrected chi connectivity index (χ0v) is 22.1. The third-order valence-electron chi connectivity index (χ3n) is 6.87. The number of benzene rings is 2. The summed E-state index contributed by atoms with van der Waals surface area (Å²) in [5.74, 6) is 0.610. The monoisotopic (exact) mass is 511 g/mol. The summed E-state index contributed by atoms with van der Waals surface area (Å²) >= 11 is 0. The van der Waals surface area contributed by atoms with Crippen LogP contribution in [0.1, 0.15) is 54.4 Å². The minimum absolute atomic E-state index is 0.121. The fourth-order valence-corrected chi connectivity index (χ4v) is 5.05. The van der Waals surface area contributed by atoms with E-state index in [0.29, 0.717) is 13.2 Å². The number of para-hydroxylation sites is 1. The van der Waals surface area contributed by atoms with Gasteiger partial charge in [-0.2, -0.15) is 5.10 Å². The molecule has 0 saturated carbocycles. The molecule has 2 aromatic heterocycles. The Balaban J connectivity index is 1.62. The van der Waals surface area contributed by atoms with Crippen molar-refractivity contribution in [1.29, 1.82) is 0 Å². The predicted molar refractivity (Wildman–Crippen MR) is 145 cm³/mol. The Bertz CT molecular complexity index is 1420. The van der Waals surface area contributed by atoms with E-state index in [2.05, 4.69) is 54.1 Å². The van der Waals surface area contributed by atoms with E-state index in [0.717, 1.165) is 46.0 Å². The highest BCUT2D eigenvalue weighted by Gasteiger charge is 2.36. The number of esters is 1. The number of amides is 2. The van der Waals surface area contributed by atoms with Crippen LogP contribution in [0.2, 0.25) is 0 Å². The Morgan fingerprint density at radius 1 is 1.03 bits per heavy atom. The Hall–Kier alpha value is -4.33. The molecular weight excluding hydrogens is 478 g/mol. The van der Waals surface area contributed by atoms with Crippen LogP contribution in [-0.4, -0.2) is 44.4 Å². The minimum atomic E-state index is -0.338. The van der Waals surface area contributed by atoms with Crippen LogP contribution in [0.5, 0.6) is 0 Å². The van der Waals surface area contributed by atoms with Crippen LogP contribution in [0.15, 0.2) is 72.9 Å². The molecular formula is C30H33N5O3. The van der Waals surface area contributed by atoms with Gasteiger partial charge in [0.15, 0.2) is 0 Å². The maximum absolute atomic E-state index is 13.8. The number of aryl methyl sites for hydroxylation is 2. The lowest BCUT2D eigenvalue weighted by Gasteiger charge is -2.31. The molecule has 3 heterocycles. The molecule has 0 fully saturated rings. The number of urea groups is 1. The van der Waals surface area contributed by atoms with Crippen molar-refractivity contribution in [2.75, 3.05) is 13.2 Å². The number of ether oxygens (including phenoxy) is 1. The first-order chi connectivity index (χ1) is 18.5. The largest absolute Gasteiger partial charge is 0.466 e. The van der Waals surface area contributed by atoms with E-state index in [1.165, 1.54) is 0 Å². The topological polar surface area (TPSA) is 81.4 Å². The summed E-state index contributed by atoms with van der Waals surface area (Å²) in [7, 11) is 0. The minimum Gasteiger partial charge on any atom is -0.466 e. The van der Waals surface area contributed by atoms with Gasteiger partial charge < -0.3 is 19.5 Å². The molecule has 38 heavy (non-hydrogen) atoms. The average molecular weight is 512 g/mol. The van der Waals surface area contributed by atoms with E-state index in [-0.39, 0.29) is 31.0 Å². The molecule has 0 spiro atoms. The van der Waals surface area contributed by atoms with Gasteiger partial charge in [-0.15, -0.1) is 0 Å². The standard InChI is InChI=1S/C30H33N5O3/c1-4-25-24-20-34(30(37)31-18-17-27(36)38-5-2)28(22-15-13-21(3)14-16-22)26-12-9-19-33(26)29(24)35(32-25)23-10-7-6-8-11-23/h6-16,19,28H,4-5,17-18,20H2,1-3H3,(H,31,37)/t28-/m1/s1. The van der Waals surface area contributed by atoms with Crippen molar-refractivity contribution in [2.45, 2.75) is 46.2 Å². The van der Waals surface area contributed by atoms with Crippen molar-refractivity contribution in [3.63, 3.8) is 0 Å². The number of rotatable bonds is 7. The second kappa shape index (κ2) is 11.0. The lowest BCUT2D eigenvalue weighted by atomic mass is 10.0. The summed E-state index contributed by atoms with van der Waals surface area (Å²) in [6.45, 7) is 6.80. The van der Waals surface area contributed by atoms with Crippen molar-refractivity contribution in [3.8, 4) is 11.5 Å². The molecule has 1 N–H and O–H groups in total.